The second-order valence-electron chi connectivity index (χ2n) is 6.36. The molecule has 26 heavy (non-hydrogen) atoms. The van der Waals surface area contributed by atoms with E-state index >= 15 is 0 Å². The molecule has 0 saturated heterocycles. The molecule has 7 heteroatoms. The van der Waals surface area contributed by atoms with Gasteiger partial charge in [-0.25, -0.2) is 0 Å². The van der Waals surface area contributed by atoms with Crippen molar-refractivity contribution in [1.29, 1.82) is 0 Å². The normalized spacial score (nSPS) is 11.5. The maximum atomic E-state index is 12.1. The van der Waals surface area contributed by atoms with Gasteiger partial charge in [0, 0.05) is 42.4 Å². The van der Waals surface area contributed by atoms with Crippen LogP contribution >= 0.6 is 21.6 Å². The Morgan fingerprint density at radius 2 is 2.08 bits per heavy atom. The van der Waals surface area contributed by atoms with Crippen molar-refractivity contribution in [2.24, 2.45) is 0 Å². The highest BCUT2D eigenvalue weighted by Gasteiger charge is 2.20. The van der Waals surface area contributed by atoms with Gasteiger partial charge in [-0.15, -0.1) is 0 Å². The zero-order valence-corrected chi connectivity index (χ0v) is 17.4. The number of rotatable bonds is 12. The molecule has 0 saturated carbocycles. The van der Waals surface area contributed by atoms with Gasteiger partial charge in [0.2, 0.25) is 5.91 Å². The van der Waals surface area contributed by atoms with Crippen LogP contribution in [0.2, 0.25) is 0 Å². The molecule has 5 nitrogen and oxygen atoms in total. The molecule has 0 spiro atoms. The third-order valence-corrected chi connectivity index (χ3v) is 6.62. The quantitative estimate of drug-likeness (QED) is 0.320. The molecule has 0 aromatic carbocycles. The minimum Gasteiger partial charge on any atom is -0.355 e. The minimum absolute atomic E-state index is 0.0966. The maximum Gasteiger partial charge on any atom is 0.252 e. The zero-order valence-electron chi connectivity index (χ0n) is 15.8. The number of pyridine rings is 1. The summed E-state index contributed by atoms with van der Waals surface area (Å²) in [5, 5.41) is 5.88. The SMILES string of the molecule is CC/C=C\CCC(=O)NCCSSC(C)(C)CNC(=O)c1cccnc1. The molecule has 2 amide bonds. The lowest BCUT2D eigenvalue weighted by Crippen LogP contribution is -2.36. The van der Waals surface area contributed by atoms with Gasteiger partial charge in [0.25, 0.3) is 5.91 Å². The first-order valence-electron chi connectivity index (χ1n) is 8.85. The predicted molar refractivity (Wildman–Crippen MR) is 112 cm³/mol. The van der Waals surface area contributed by atoms with Crippen molar-refractivity contribution in [3.8, 4) is 0 Å². The Morgan fingerprint density at radius 1 is 1.27 bits per heavy atom. The summed E-state index contributed by atoms with van der Waals surface area (Å²) in [7, 11) is 3.42. The van der Waals surface area contributed by atoms with Crippen molar-refractivity contribution in [1.82, 2.24) is 15.6 Å². The van der Waals surface area contributed by atoms with Crippen LogP contribution in [0.5, 0.6) is 0 Å². The van der Waals surface area contributed by atoms with Gasteiger partial charge in [-0.1, -0.05) is 40.7 Å². The lowest BCUT2D eigenvalue weighted by molar-refractivity contribution is -0.120. The van der Waals surface area contributed by atoms with E-state index in [0.29, 0.717) is 25.1 Å². The number of amides is 2. The van der Waals surface area contributed by atoms with Crippen molar-refractivity contribution in [2.45, 2.75) is 44.8 Å². The summed E-state index contributed by atoms with van der Waals surface area (Å²) in [4.78, 5) is 27.7. The molecule has 1 aromatic heterocycles. The van der Waals surface area contributed by atoms with E-state index in [-0.39, 0.29) is 16.6 Å². The highest BCUT2D eigenvalue weighted by atomic mass is 33.1. The number of hydrogen-bond donors (Lipinski definition) is 2. The molecule has 0 unspecified atom stereocenters. The lowest BCUT2D eigenvalue weighted by Gasteiger charge is -2.23. The number of nitrogens with zero attached hydrogens (tertiary/aromatic N) is 1. The Balaban J connectivity index is 2.14. The smallest absolute Gasteiger partial charge is 0.252 e. The molecule has 0 aliphatic heterocycles. The third kappa shape index (κ3) is 10.5. The second-order valence-corrected chi connectivity index (χ2v) is 9.48. The highest BCUT2D eigenvalue weighted by molar-refractivity contribution is 8.77. The summed E-state index contributed by atoms with van der Waals surface area (Å²) >= 11 is 0. The fourth-order valence-corrected chi connectivity index (χ4v) is 4.30. The summed E-state index contributed by atoms with van der Waals surface area (Å²) in [5.74, 6) is 0.821. The molecule has 0 fully saturated rings. The number of nitrogens with one attached hydrogen (secondary N) is 2. The lowest BCUT2D eigenvalue weighted by atomic mass is 10.2. The molecule has 0 aliphatic carbocycles. The number of hydrogen-bond acceptors (Lipinski definition) is 5. The molecule has 0 aliphatic rings. The highest BCUT2D eigenvalue weighted by Crippen LogP contribution is 2.34. The first-order chi connectivity index (χ1) is 12.4. The van der Waals surface area contributed by atoms with Crippen molar-refractivity contribution in [3.63, 3.8) is 0 Å². The summed E-state index contributed by atoms with van der Waals surface area (Å²) < 4.78 is -0.0997. The van der Waals surface area contributed by atoms with Gasteiger partial charge in [0.05, 0.1) is 5.56 Å². The van der Waals surface area contributed by atoms with Crippen LogP contribution in [0.1, 0.15) is 50.4 Å². The van der Waals surface area contributed by atoms with Crippen LogP contribution in [0.4, 0.5) is 0 Å². The third-order valence-electron chi connectivity index (χ3n) is 3.33. The molecule has 1 aromatic rings. The van der Waals surface area contributed by atoms with Crippen LogP contribution < -0.4 is 10.6 Å². The Morgan fingerprint density at radius 3 is 2.77 bits per heavy atom. The number of carbonyl (C=O) groups is 2. The van der Waals surface area contributed by atoms with E-state index in [1.54, 1.807) is 46.1 Å². The van der Waals surface area contributed by atoms with E-state index in [1.807, 2.05) is 6.08 Å². The second kappa shape index (κ2) is 12.8. The van der Waals surface area contributed by atoms with Crippen molar-refractivity contribution >= 4 is 33.4 Å². The van der Waals surface area contributed by atoms with E-state index in [1.165, 1.54) is 0 Å². The Labute approximate surface area is 164 Å². The molecule has 1 rings (SSSR count). The van der Waals surface area contributed by atoms with Gasteiger partial charge < -0.3 is 10.6 Å². The van der Waals surface area contributed by atoms with Crippen LogP contribution in [0.25, 0.3) is 0 Å². The molecule has 0 atom stereocenters. The van der Waals surface area contributed by atoms with Gasteiger partial charge in [0.1, 0.15) is 0 Å². The van der Waals surface area contributed by atoms with Gasteiger partial charge in [0.15, 0.2) is 0 Å². The van der Waals surface area contributed by atoms with Crippen molar-refractivity contribution < 1.29 is 9.59 Å². The fourth-order valence-electron chi connectivity index (χ4n) is 1.94. The van der Waals surface area contributed by atoms with Gasteiger partial charge in [-0.2, -0.15) is 0 Å². The standard InChI is InChI=1S/C19H29N3O2S2/c1-4-5-6-7-10-17(23)21-12-13-25-26-19(2,3)15-22-18(24)16-9-8-11-20-14-16/h5-6,8-9,11,14H,4,7,10,12-13,15H2,1-3H3,(H,21,23)(H,22,24)/b6-5-. The molecule has 144 valence electrons. The van der Waals surface area contributed by atoms with Crippen LogP contribution in [-0.2, 0) is 4.79 Å². The number of carbonyl (C=O) groups excluding carboxylic acids is 2. The van der Waals surface area contributed by atoms with E-state index in [0.717, 1.165) is 18.6 Å². The monoisotopic (exact) mass is 395 g/mol. The molecule has 0 radical (unpaired) electrons. The number of aromatic nitrogens is 1. The Bertz CT molecular complexity index is 577. The van der Waals surface area contributed by atoms with Gasteiger partial charge >= 0.3 is 0 Å². The number of allylic oxidation sites excluding steroid dienone is 2. The van der Waals surface area contributed by atoms with E-state index in [4.69, 9.17) is 0 Å². The minimum atomic E-state index is -0.110. The maximum absolute atomic E-state index is 12.1. The predicted octanol–water partition coefficient (Wildman–Crippen LogP) is 3.83. The van der Waals surface area contributed by atoms with Crippen LogP contribution in [0.15, 0.2) is 36.7 Å². The Kier molecular flexibility index (Phi) is 11.1. The largest absolute Gasteiger partial charge is 0.355 e. The zero-order chi connectivity index (χ0) is 19.3. The summed E-state index contributed by atoms with van der Waals surface area (Å²) in [6.07, 6.45) is 9.68. The van der Waals surface area contributed by atoms with E-state index in [9.17, 15) is 9.59 Å². The Hall–Kier alpha value is -1.47. The van der Waals surface area contributed by atoms with E-state index < -0.39 is 0 Å². The van der Waals surface area contributed by atoms with Crippen LogP contribution in [0.3, 0.4) is 0 Å². The first-order valence-corrected chi connectivity index (χ1v) is 11.2. The van der Waals surface area contributed by atoms with Crippen molar-refractivity contribution in [2.75, 3.05) is 18.8 Å². The summed E-state index contributed by atoms with van der Waals surface area (Å²) in [6.45, 7) is 7.48. The fraction of sp³-hybridized carbons (Fsp3) is 0.526. The van der Waals surface area contributed by atoms with Crippen LogP contribution in [0, 0.1) is 0 Å². The van der Waals surface area contributed by atoms with Crippen LogP contribution in [-0.4, -0.2) is 40.4 Å². The average Bonchev–Trinajstić information content (AvgIpc) is 2.64. The first kappa shape index (κ1) is 22.6. The molecular weight excluding hydrogens is 366 g/mol. The molecule has 0 bridgehead atoms. The summed E-state index contributed by atoms with van der Waals surface area (Å²) in [6, 6.07) is 3.50. The topological polar surface area (TPSA) is 71.1 Å². The molecule has 2 N–H and O–H groups in total. The van der Waals surface area contributed by atoms with E-state index in [2.05, 4.69) is 42.5 Å². The van der Waals surface area contributed by atoms with Gasteiger partial charge in [-0.05, 0) is 38.8 Å². The van der Waals surface area contributed by atoms with Gasteiger partial charge in [-0.3, -0.25) is 14.6 Å². The molecular formula is C19H29N3O2S2. The molecule has 1 heterocycles. The van der Waals surface area contributed by atoms with Crippen molar-refractivity contribution in [3.05, 3.63) is 42.2 Å². The summed E-state index contributed by atoms with van der Waals surface area (Å²) in [5.41, 5.74) is 0.567. The average molecular weight is 396 g/mol.